The molecule has 1 amide bonds. The van der Waals surface area contributed by atoms with Crippen LogP contribution in [0.4, 0.5) is 11.4 Å². The van der Waals surface area contributed by atoms with Gasteiger partial charge in [-0.1, -0.05) is 18.2 Å². The first kappa shape index (κ1) is 15.0. The van der Waals surface area contributed by atoms with Gasteiger partial charge in [0.2, 0.25) is 0 Å². The Morgan fingerprint density at radius 3 is 2.76 bits per heavy atom. The van der Waals surface area contributed by atoms with Gasteiger partial charge in [0.25, 0.3) is 5.91 Å². The van der Waals surface area contributed by atoms with Crippen LogP contribution in [0.25, 0.3) is 0 Å². The van der Waals surface area contributed by atoms with Crippen LogP contribution in [0.1, 0.15) is 16.1 Å². The molecule has 0 aliphatic heterocycles. The fourth-order valence-electron chi connectivity index (χ4n) is 1.87. The Balaban J connectivity index is 2.11. The van der Waals surface area contributed by atoms with Crippen molar-refractivity contribution in [3.8, 4) is 0 Å². The number of ether oxygens (including phenoxy) is 1. The minimum atomic E-state index is -0.261. The summed E-state index contributed by atoms with van der Waals surface area (Å²) in [5.74, 6) is 5.00. The molecule has 6 heteroatoms. The number of methoxy groups -OCH3 is 1. The number of pyridine rings is 1. The summed E-state index contributed by atoms with van der Waals surface area (Å²) in [6, 6.07) is 10.9. The molecule has 0 unspecified atom stereocenters. The fraction of sp³-hybridized carbons (Fsp3) is 0.200. The van der Waals surface area contributed by atoms with E-state index in [0.717, 1.165) is 17.7 Å². The number of carbonyl (C=O) groups excluding carboxylic acids is 1. The van der Waals surface area contributed by atoms with Crippen molar-refractivity contribution in [2.24, 2.45) is 5.84 Å². The lowest BCUT2D eigenvalue weighted by molar-refractivity contribution is 0.102. The van der Waals surface area contributed by atoms with E-state index in [0.29, 0.717) is 18.0 Å². The smallest absolute Gasteiger partial charge is 0.274 e. The van der Waals surface area contributed by atoms with Crippen molar-refractivity contribution in [2.75, 3.05) is 24.5 Å². The third-order valence-electron chi connectivity index (χ3n) is 3.00. The molecular formula is C15H18N4O2. The Bertz CT molecular complexity index is 599. The molecule has 6 nitrogen and oxygen atoms in total. The number of nitrogens with zero attached hydrogens (tertiary/aromatic N) is 1. The number of nitrogen functional groups attached to an aromatic ring is 1. The molecule has 0 fully saturated rings. The van der Waals surface area contributed by atoms with E-state index in [1.54, 1.807) is 19.2 Å². The SMILES string of the molecule is COCCc1ccccc1NC(=O)c1ccc(NN)cn1. The molecule has 0 saturated carbocycles. The van der Waals surface area contributed by atoms with Gasteiger partial charge in [-0.25, -0.2) is 4.98 Å². The topological polar surface area (TPSA) is 89.3 Å². The van der Waals surface area contributed by atoms with Crippen LogP contribution in [0.2, 0.25) is 0 Å². The average molecular weight is 286 g/mol. The van der Waals surface area contributed by atoms with E-state index in [4.69, 9.17) is 10.6 Å². The van der Waals surface area contributed by atoms with Crippen LogP contribution in [0.3, 0.4) is 0 Å². The van der Waals surface area contributed by atoms with Crippen LogP contribution in [-0.2, 0) is 11.2 Å². The maximum Gasteiger partial charge on any atom is 0.274 e. The Hall–Kier alpha value is -2.44. The summed E-state index contributed by atoms with van der Waals surface area (Å²) in [6.07, 6.45) is 2.24. The van der Waals surface area contributed by atoms with Gasteiger partial charge in [0.05, 0.1) is 18.5 Å². The number of aromatic nitrogens is 1. The standard InChI is InChI=1S/C15H18N4O2/c1-21-9-8-11-4-2-3-5-13(11)18-15(20)14-7-6-12(19-16)10-17-14/h2-7,10,19H,8-9,16H2,1H3,(H,18,20). The lowest BCUT2D eigenvalue weighted by atomic mass is 10.1. The van der Waals surface area contributed by atoms with Gasteiger partial charge >= 0.3 is 0 Å². The summed E-state index contributed by atoms with van der Waals surface area (Å²) in [7, 11) is 1.65. The van der Waals surface area contributed by atoms with Crippen LogP contribution in [0.5, 0.6) is 0 Å². The second-order valence-corrected chi connectivity index (χ2v) is 4.43. The molecule has 4 N–H and O–H groups in total. The highest BCUT2D eigenvalue weighted by atomic mass is 16.5. The van der Waals surface area contributed by atoms with Crippen molar-refractivity contribution in [1.29, 1.82) is 0 Å². The molecule has 0 radical (unpaired) electrons. The molecule has 21 heavy (non-hydrogen) atoms. The minimum Gasteiger partial charge on any atom is -0.384 e. The van der Waals surface area contributed by atoms with Gasteiger partial charge in [-0.05, 0) is 30.2 Å². The number of hydrazine groups is 1. The Morgan fingerprint density at radius 1 is 1.29 bits per heavy atom. The van der Waals surface area contributed by atoms with Crippen LogP contribution in [0.15, 0.2) is 42.6 Å². The predicted molar refractivity (Wildman–Crippen MR) is 82.0 cm³/mol. The molecule has 1 heterocycles. The first-order chi connectivity index (χ1) is 10.2. The highest BCUT2D eigenvalue weighted by Crippen LogP contribution is 2.17. The van der Waals surface area contributed by atoms with E-state index in [1.807, 2.05) is 24.3 Å². The van der Waals surface area contributed by atoms with Gasteiger partial charge in [-0.15, -0.1) is 0 Å². The number of hydrogen-bond donors (Lipinski definition) is 3. The predicted octanol–water partition coefficient (Wildman–Crippen LogP) is 1.81. The summed E-state index contributed by atoms with van der Waals surface area (Å²) < 4.78 is 5.07. The monoisotopic (exact) mass is 286 g/mol. The molecule has 0 atom stereocenters. The third-order valence-corrected chi connectivity index (χ3v) is 3.00. The zero-order valence-electron chi connectivity index (χ0n) is 11.8. The number of rotatable bonds is 6. The minimum absolute atomic E-state index is 0.261. The highest BCUT2D eigenvalue weighted by molar-refractivity contribution is 6.03. The normalized spacial score (nSPS) is 10.2. The molecule has 1 aromatic heterocycles. The number of para-hydroxylation sites is 1. The molecule has 2 aromatic rings. The summed E-state index contributed by atoms with van der Waals surface area (Å²) in [4.78, 5) is 16.2. The molecule has 0 aliphatic rings. The fourth-order valence-corrected chi connectivity index (χ4v) is 1.87. The van der Waals surface area contributed by atoms with E-state index in [2.05, 4.69) is 15.7 Å². The molecule has 2 rings (SSSR count). The number of benzene rings is 1. The second kappa shape index (κ2) is 7.37. The summed E-state index contributed by atoms with van der Waals surface area (Å²) in [5.41, 5.74) is 5.23. The quantitative estimate of drug-likeness (QED) is 0.556. The summed E-state index contributed by atoms with van der Waals surface area (Å²) in [5, 5.41) is 2.86. The Kier molecular flexibility index (Phi) is 5.25. The molecule has 0 spiro atoms. The van der Waals surface area contributed by atoms with Gasteiger partial charge in [0, 0.05) is 12.8 Å². The van der Waals surface area contributed by atoms with Crippen molar-refractivity contribution >= 4 is 17.3 Å². The van der Waals surface area contributed by atoms with Gasteiger partial charge in [0.15, 0.2) is 0 Å². The number of nitrogens with one attached hydrogen (secondary N) is 2. The molecule has 0 saturated heterocycles. The first-order valence-electron chi connectivity index (χ1n) is 6.55. The maximum atomic E-state index is 12.2. The summed E-state index contributed by atoms with van der Waals surface area (Å²) >= 11 is 0. The number of anilines is 2. The molecule has 0 aliphatic carbocycles. The largest absolute Gasteiger partial charge is 0.384 e. The van der Waals surface area contributed by atoms with Crippen LogP contribution in [0, 0.1) is 0 Å². The first-order valence-corrected chi connectivity index (χ1v) is 6.55. The lowest BCUT2D eigenvalue weighted by Gasteiger charge is -2.10. The number of hydrogen-bond acceptors (Lipinski definition) is 5. The third kappa shape index (κ3) is 4.01. The Labute approximate surface area is 123 Å². The van der Waals surface area contributed by atoms with E-state index in [-0.39, 0.29) is 5.91 Å². The van der Waals surface area contributed by atoms with Gasteiger partial charge in [-0.2, -0.15) is 0 Å². The van der Waals surface area contributed by atoms with Crippen molar-refractivity contribution in [3.63, 3.8) is 0 Å². The average Bonchev–Trinajstić information content (AvgIpc) is 2.54. The van der Waals surface area contributed by atoms with Crippen molar-refractivity contribution in [1.82, 2.24) is 4.98 Å². The van der Waals surface area contributed by atoms with Gasteiger partial charge in [0.1, 0.15) is 5.69 Å². The van der Waals surface area contributed by atoms with E-state index >= 15 is 0 Å². The van der Waals surface area contributed by atoms with E-state index < -0.39 is 0 Å². The second-order valence-electron chi connectivity index (χ2n) is 4.43. The Morgan fingerprint density at radius 2 is 2.10 bits per heavy atom. The molecule has 110 valence electrons. The van der Waals surface area contributed by atoms with E-state index in [1.165, 1.54) is 6.20 Å². The van der Waals surface area contributed by atoms with Crippen LogP contribution < -0.4 is 16.6 Å². The summed E-state index contributed by atoms with van der Waals surface area (Å²) in [6.45, 7) is 0.599. The lowest BCUT2D eigenvalue weighted by Crippen LogP contribution is -2.16. The zero-order valence-corrected chi connectivity index (χ0v) is 11.8. The number of carbonyl (C=O) groups is 1. The van der Waals surface area contributed by atoms with E-state index in [9.17, 15) is 4.79 Å². The van der Waals surface area contributed by atoms with Gasteiger partial charge < -0.3 is 15.5 Å². The van der Waals surface area contributed by atoms with Gasteiger partial charge in [-0.3, -0.25) is 10.6 Å². The van der Waals surface area contributed by atoms with Crippen LogP contribution in [-0.4, -0.2) is 24.6 Å². The zero-order chi connectivity index (χ0) is 15.1. The number of nitrogens with two attached hydrogens (primary N) is 1. The maximum absolute atomic E-state index is 12.2. The van der Waals surface area contributed by atoms with Crippen molar-refractivity contribution in [3.05, 3.63) is 53.9 Å². The molecular weight excluding hydrogens is 268 g/mol. The molecule has 1 aromatic carbocycles. The highest BCUT2D eigenvalue weighted by Gasteiger charge is 2.10. The van der Waals surface area contributed by atoms with Crippen molar-refractivity contribution < 1.29 is 9.53 Å². The molecule has 0 bridgehead atoms. The van der Waals surface area contributed by atoms with Crippen LogP contribution >= 0.6 is 0 Å². The number of amides is 1. The van der Waals surface area contributed by atoms with Crippen molar-refractivity contribution in [2.45, 2.75) is 6.42 Å².